The molecule has 3 aliphatic heterocycles. The van der Waals surface area contributed by atoms with Gasteiger partial charge in [-0.3, -0.25) is 5.32 Å². The number of rotatable bonds is 7. The van der Waals surface area contributed by atoms with Gasteiger partial charge in [0.15, 0.2) is 0 Å². The quantitative estimate of drug-likeness (QED) is 0.219. The van der Waals surface area contributed by atoms with Crippen molar-refractivity contribution in [3.05, 3.63) is 95.2 Å². The summed E-state index contributed by atoms with van der Waals surface area (Å²) in [6.07, 6.45) is 5.17. The fourth-order valence-corrected chi connectivity index (χ4v) is 9.25. The first-order chi connectivity index (χ1) is 22.4. The molecule has 7 rings (SSSR count). The van der Waals surface area contributed by atoms with Crippen molar-refractivity contribution in [2.45, 2.75) is 88.6 Å². The van der Waals surface area contributed by atoms with Gasteiger partial charge >= 0.3 is 6.03 Å². The second-order valence-electron chi connectivity index (χ2n) is 14.3. The van der Waals surface area contributed by atoms with Crippen molar-refractivity contribution in [1.29, 1.82) is 0 Å². The molecule has 0 aliphatic carbocycles. The van der Waals surface area contributed by atoms with E-state index in [9.17, 15) is 13.2 Å². The number of benzene rings is 3. The fraction of sp³-hybridized carbons (Fsp3) is 0.405. The molecular weight excluding hydrogens is 611 g/mol. The molecule has 47 heavy (non-hydrogen) atoms. The van der Waals surface area contributed by atoms with E-state index in [1.165, 1.54) is 5.56 Å². The lowest BCUT2D eigenvalue weighted by atomic mass is 9.87. The first-order valence-electron chi connectivity index (χ1n) is 16.6. The van der Waals surface area contributed by atoms with Gasteiger partial charge in [-0.2, -0.15) is 9.40 Å². The Kier molecular flexibility index (Phi) is 8.12. The van der Waals surface area contributed by atoms with E-state index in [0.29, 0.717) is 28.9 Å². The van der Waals surface area contributed by atoms with Crippen LogP contribution in [0, 0.1) is 12.8 Å². The molecule has 9 nitrogen and oxygen atoms in total. The summed E-state index contributed by atoms with van der Waals surface area (Å²) in [5.74, 6) is 1.81. The lowest BCUT2D eigenvalue weighted by Gasteiger charge is -2.38. The zero-order chi connectivity index (χ0) is 32.9. The molecule has 0 radical (unpaired) electrons. The molecule has 0 spiro atoms. The van der Waals surface area contributed by atoms with Crippen LogP contribution in [0.5, 0.6) is 5.75 Å². The number of carbonyl (C=O) groups excluding carboxylic acids is 1. The van der Waals surface area contributed by atoms with Crippen molar-refractivity contribution in [2.24, 2.45) is 5.92 Å². The van der Waals surface area contributed by atoms with E-state index in [1.807, 2.05) is 53.7 Å². The molecule has 2 amide bonds. The minimum Gasteiger partial charge on any atom is -0.493 e. The van der Waals surface area contributed by atoms with Crippen LogP contribution >= 0.6 is 0 Å². The summed E-state index contributed by atoms with van der Waals surface area (Å²) in [5, 5.41) is 10.8. The largest absolute Gasteiger partial charge is 0.493 e. The first kappa shape index (κ1) is 31.4. The van der Waals surface area contributed by atoms with Gasteiger partial charge in [0, 0.05) is 35.7 Å². The highest BCUT2D eigenvalue weighted by Crippen LogP contribution is 2.43. The molecule has 4 heterocycles. The summed E-state index contributed by atoms with van der Waals surface area (Å²) in [6, 6.07) is 23.0. The minimum atomic E-state index is -3.56. The summed E-state index contributed by atoms with van der Waals surface area (Å²) in [4.78, 5) is 13.5. The third kappa shape index (κ3) is 6.41. The minimum absolute atomic E-state index is 0.0324. The Bertz CT molecular complexity index is 1880. The molecule has 2 fully saturated rings. The number of urea groups is 1. The average molecular weight is 654 g/mol. The van der Waals surface area contributed by atoms with Crippen LogP contribution in [0.4, 0.5) is 16.3 Å². The number of piperidine rings is 1. The van der Waals surface area contributed by atoms with Crippen molar-refractivity contribution in [3.8, 4) is 11.4 Å². The van der Waals surface area contributed by atoms with Crippen molar-refractivity contribution >= 4 is 27.6 Å². The second-order valence-corrected chi connectivity index (χ2v) is 16.2. The highest BCUT2D eigenvalue weighted by molar-refractivity contribution is 7.89. The monoisotopic (exact) mass is 653 g/mol. The normalized spacial score (nSPS) is 20.9. The van der Waals surface area contributed by atoms with Crippen molar-refractivity contribution in [3.63, 3.8) is 0 Å². The van der Waals surface area contributed by atoms with Gasteiger partial charge in [0.1, 0.15) is 11.6 Å². The van der Waals surface area contributed by atoms with Crippen LogP contribution in [0.3, 0.4) is 0 Å². The Morgan fingerprint density at radius 3 is 2.32 bits per heavy atom. The molecular formula is C37H43N5O4S. The summed E-state index contributed by atoms with van der Waals surface area (Å²) < 4.78 is 36.6. The number of sulfonamides is 1. The van der Waals surface area contributed by atoms with E-state index in [0.717, 1.165) is 66.8 Å². The van der Waals surface area contributed by atoms with Gasteiger partial charge in [-0.25, -0.2) is 17.9 Å². The molecule has 2 bridgehead atoms. The SMILES string of the molecule is Cc1ccc(-n2nc(C(C)(C)C)cc2NC(=O)Nc2ccc(CC3CC4CCC(C3)N4S(=O)(=O)c3ccc4c(c3)CCO4)cc2)cc1. The third-order valence-electron chi connectivity index (χ3n) is 9.73. The zero-order valence-electron chi connectivity index (χ0n) is 27.5. The number of fused-ring (bicyclic) bond motifs is 3. The van der Waals surface area contributed by atoms with Crippen LogP contribution in [0.1, 0.15) is 68.8 Å². The van der Waals surface area contributed by atoms with Crippen LogP contribution in [-0.4, -0.2) is 47.2 Å². The summed E-state index contributed by atoms with van der Waals surface area (Å²) in [5.41, 5.74) is 5.59. The summed E-state index contributed by atoms with van der Waals surface area (Å²) >= 11 is 0. The number of aryl methyl sites for hydroxylation is 1. The van der Waals surface area contributed by atoms with Crippen LogP contribution in [0.2, 0.25) is 0 Å². The average Bonchev–Trinajstić information content (AvgIpc) is 3.74. The Morgan fingerprint density at radius 1 is 0.936 bits per heavy atom. The molecule has 10 heteroatoms. The predicted molar refractivity (Wildman–Crippen MR) is 184 cm³/mol. The number of carbonyl (C=O) groups is 1. The number of hydrogen-bond donors (Lipinski definition) is 2. The highest BCUT2D eigenvalue weighted by Gasteiger charge is 2.47. The van der Waals surface area contributed by atoms with E-state index in [-0.39, 0.29) is 23.5 Å². The number of aromatic nitrogens is 2. The van der Waals surface area contributed by atoms with Crippen molar-refractivity contribution < 1.29 is 17.9 Å². The molecule has 4 aromatic rings. The van der Waals surface area contributed by atoms with Crippen LogP contribution in [0.15, 0.2) is 77.7 Å². The van der Waals surface area contributed by atoms with E-state index in [2.05, 4.69) is 43.5 Å². The van der Waals surface area contributed by atoms with E-state index < -0.39 is 10.0 Å². The summed E-state index contributed by atoms with van der Waals surface area (Å²) in [6.45, 7) is 8.95. The Hall–Kier alpha value is -4.15. The lowest BCUT2D eigenvalue weighted by molar-refractivity contribution is 0.190. The molecule has 2 unspecified atom stereocenters. The van der Waals surface area contributed by atoms with E-state index in [4.69, 9.17) is 9.84 Å². The zero-order valence-corrected chi connectivity index (χ0v) is 28.3. The molecule has 0 saturated carbocycles. The number of anilines is 2. The molecule has 2 N–H and O–H groups in total. The van der Waals surface area contributed by atoms with Crippen molar-refractivity contribution in [2.75, 3.05) is 17.2 Å². The van der Waals surface area contributed by atoms with Crippen LogP contribution < -0.4 is 15.4 Å². The molecule has 3 aliphatic rings. The predicted octanol–water partition coefficient (Wildman–Crippen LogP) is 7.23. The number of ether oxygens (including phenoxy) is 1. The van der Waals surface area contributed by atoms with Gasteiger partial charge in [-0.15, -0.1) is 0 Å². The van der Waals surface area contributed by atoms with Gasteiger partial charge in [0.05, 0.1) is 22.9 Å². The number of nitrogens with zero attached hydrogens (tertiary/aromatic N) is 3. The number of nitrogens with one attached hydrogen (secondary N) is 2. The second kappa shape index (κ2) is 12.1. The molecule has 2 saturated heterocycles. The summed E-state index contributed by atoms with van der Waals surface area (Å²) in [7, 11) is -3.56. The Morgan fingerprint density at radius 2 is 1.64 bits per heavy atom. The molecule has 246 valence electrons. The van der Waals surface area contributed by atoms with Crippen LogP contribution in [0.25, 0.3) is 5.69 Å². The van der Waals surface area contributed by atoms with Gasteiger partial charge in [-0.1, -0.05) is 50.6 Å². The first-order valence-corrected chi connectivity index (χ1v) is 18.0. The molecule has 3 aromatic carbocycles. The number of hydrogen-bond acceptors (Lipinski definition) is 5. The Balaban J connectivity index is 0.980. The third-order valence-corrected chi connectivity index (χ3v) is 11.7. The topological polar surface area (TPSA) is 106 Å². The van der Waals surface area contributed by atoms with Crippen LogP contribution in [-0.2, 0) is 28.3 Å². The van der Waals surface area contributed by atoms with E-state index in [1.54, 1.807) is 22.9 Å². The van der Waals surface area contributed by atoms with Gasteiger partial charge < -0.3 is 10.1 Å². The van der Waals surface area contributed by atoms with Gasteiger partial charge in [-0.05, 0) is 98.5 Å². The van der Waals surface area contributed by atoms with Gasteiger partial charge in [0.2, 0.25) is 10.0 Å². The smallest absolute Gasteiger partial charge is 0.324 e. The highest BCUT2D eigenvalue weighted by atomic mass is 32.2. The standard InChI is InChI=1S/C37H43N5O4S/c1-24-5-11-29(12-6-24)41-35(23-34(40-41)37(2,3)4)39-36(43)38-28-9-7-25(8-10-28)19-26-20-30-13-14-31(21-26)42(30)47(44,45)32-15-16-33-27(22-32)17-18-46-33/h5-12,15-16,22-23,26,30-31H,13-14,17-21H2,1-4H3,(H2,38,39,43). The molecule has 1 aromatic heterocycles. The van der Waals surface area contributed by atoms with Gasteiger partial charge in [0.25, 0.3) is 0 Å². The Labute approximate surface area is 277 Å². The maximum atomic E-state index is 13.7. The maximum absolute atomic E-state index is 13.7. The van der Waals surface area contributed by atoms with Crippen molar-refractivity contribution in [1.82, 2.24) is 14.1 Å². The number of amides is 2. The van der Waals surface area contributed by atoms with E-state index >= 15 is 0 Å². The fourth-order valence-electron chi connectivity index (χ4n) is 7.31. The maximum Gasteiger partial charge on any atom is 0.324 e. The molecule has 2 atom stereocenters. The lowest BCUT2D eigenvalue weighted by Crippen LogP contribution is -2.46.